The Morgan fingerprint density at radius 3 is 2.50 bits per heavy atom. The topological polar surface area (TPSA) is 84.3 Å². The Labute approximate surface area is 239 Å². The van der Waals surface area contributed by atoms with E-state index >= 15 is 0 Å². The lowest BCUT2D eigenvalue weighted by Gasteiger charge is -2.37. The standard InChI is InChI=1S/C32H44N4O3Si/c1-32(2,3)40(5,6)39-22-26(36-21-29(31(33)37)34-23-36)15-14-25-20-35(4)30-17-16-27(19-28(25)30)38-18-10-13-24-11-8-7-9-12-24/h7-9,11-12,16-17,19-21,23,26H,10,13-15,18,22H2,1-6H3,(H2,33,37)/t26-/m1/s1. The van der Waals surface area contributed by atoms with Gasteiger partial charge in [0.15, 0.2) is 8.32 Å². The fourth-order valence-electron chi connectivity index (χ4n) is 4.68. The number of aryl methyl sites for hydroxylation is 3. The van der Waals surface area contributed by atoms with Gasteiger partial charge in [-0.25, -0.2) is 4.98 Å². The normalized spacial score (nSPS) is 13.1. The summed E-state index contributed by atoms with van der Waals surface area (Å²) in [6.45, 7) is 12.5. The second-order valence-electron chi connectivity index (χ2n) is 12.2. The number of carbonyl (C=O) groups excluding carboxylic acids is 1. The minimum Gasteiger partial charge on any atom is -0.494 e. The molecular formula is C32H44N4O3Si. The largest absolute Gasteiger partial charge is 0.494 e. The van der Waals surface area contributed by atoms with Gasteiger partial charge >= 0.3 is 0 Å². The van der Waals surface area contributed by atoms with Gasteiger partial charge in [-0.2, -0.15) is 0 Å². The quantitative estimate of drug-likeness (QED) is 0.146. The van der Waals surface area contributed by atoms with Crippen LogP contribution in [0.5, 0.6) is 5.75 Å². The van der Waals surface area contributed by atoms with E-state index in [4.69, 9.17) is 14.9 Å². The SMILES string of the molecule is Cn1cc(CC[C@H](CO[Si](C)(C)C(C)(C)C)n2cnc(C(N)=O)c2)c2cc(OCCCc3ccccc3)ccc21. The van der Waals surface area contributed by atoms with Crippen molar-refractivity contribution in [1.82, 2.24) is 14.1 Å². The van der Waals surface area contributed by atoms with Crippen LogP contribution in [0.25, 0.3) is 10.9 Å². The van der Waals surface area contributed by atoms with Crippen molar-refractivity contribution in [3.05, 3.63) is 84.1 Å². The summed E-state index contributed by atoms with van der Waals surface area (Å²) in [5, 5.41) is 1.31. The molecule has 0 unspecified atom stereocenters. The van der Waals surface area contributed by atoms with Gasteiger partial charge in [0, 0.05) is 30.3 Å². The van der Waals surface area contributed by atoms with Crippen LogP contribution in [0, 0.1) is 0 Å². The number of nitrogens with two attached hydrogens (primary N) is 1. The first-order chi connectivity index (χ1) is 18.9. The van der Waals surface area contributed by atoms with Gasteiger partial charge in [0.2, 0.25) is 0 Å². The third-order valence-electron chi connectivity index (χ3n) is 8.23. The van der Waals surface area contributed by atoms with Crippen LogP contribution in [0.4, 0.5) is 0 Å². The lowest BCUT2D eigenvalue weighted by Crippen LogP contribution is -2.42. The summed E-state index contributed by atoms with van der Waals surface area (Å²) < 4.78 is 16.9. The van der Waals surface area contributed by atoms with Crippen molar-refractivity contribution in [2.24, 2.45) is 12.8 Å². The molecule has 0 saturated carbocycles. The molecule has 8 heteroatoms. The molecule has 4 rings (SSSR count). The monoisotopic (exact) mass is 560 g/mol. The first-order valence-corrected chi connectivity index (χ1v) is 17.1. The summed E-state index contributed by atoms with van der Waals surface area (Å²) in [5.41, 5.74) is 9.54. The number of primary amides is 1. The highest BCUT2D eigenvalue weighted by Gasteiger charge is 2.37. The number of fused-ring (bicyclic) bond motifs is 1. The van der Waals surface area contributed by atoms with Crippen molar-refractivity contribution < 1.29 is 14.0 Å². The first kappa shape index (κ1) is 29.6. The lowest BCUT2D eigenvalue weighted by atomic mass is 10.0. The number of hydrogen-bond acceptors (Lipinski definition) is 4. The summed E-state index contributed by atoms with van der Waals surface area (Å²) >= 11 is 0. The maximum Gasteiger partial charge on any atom is 0.268 e. The summed E-state index contributed by atoms with van der Waals surface area (Å²) in [4.78, 5) is 15.9. The molecule has 2 heterocycles. The van der Waals surface area contributed by atoms with Crippen LogP contribution in [0.3, 0.4) is 0 Å². The molecule has 1 amide bonds. The minimum atomic E-state index is -1.95. The third kappa shape index (κ3) is 7.23. The molecule has 0 radical (unpaired) electrons. The smallest absolute Gasteiger partial charge is 0.268 e. The molecule has 40 heavy (non-hydrogen) atoms. The average Bonchev–Trinajstić information content (AvgIpc) is 3.52. The second kappa shape index (κ2) is 12.4. The van der Waals surface area contributed by atoms with E-state index in [1.165, 1.54) is 22.0 Å². The highest BCUT2D eigenvalue weighted by Crippen LogP contribution is 2.37. The van der Waals surface area contributed by atoms with Gasteiger partial charge in [-0.15, -0.1) is 0 Å². The van der Waals surface area contributed by atoms with E-state index in [1.807, 2.05) is 10.6 Å². The van der Waals surface area contributed by atoms with Crippen LogP contribution in [0.15, 0.2) is 67.3 Å². The molecule has 0 fully saturated rings. The number of hydrogen-bond donors (Lipinski definition) is 1. The fourth-order valence-corrected chi connectivity index (χ4v) is 5.72. The van der Waals surface area contributed by atoms with Crippen molar-refractivity contribution in [3.63, 3.8) is 0 Å². The number of ether oxygens (including phenoxy) is 1. The molecule has 2 aromatic heterocycles. The molecule has 2 N–H and O–H groups in total. The second-order valence-corrected chi connectivity index (χ2v) is 17.0. The van der Waals surface area contributed by atoms with Gasteiger partial charge < -0.3 is 24.0 Å². The molecule has 7 nitrogen and oxygen atoms in total. The number of aromatic nitrogens is 3. The Hall–Kier alpha value is -3.36. The average molecular weight is 561 g/mol. The maximum absolute atomic E-state index is 11.7. The van der Waals surface area contributed by atoms with Crippen molar-refractivity contribution in [1.29, 1.82) is 0 Å². The summed E-state index contributed by atoms with van der Waals surface area (Å²) in [6.07, 6.45) is 9.31. The summed E-state index contributed by atoms with van der Waals surface area (Å²) in [6, 6.07) is 16.9. The number of rotatable bonds is 13. The predicted octanol–water partition coefficient (Wildman–Crippen LogP) is 6.68. The van der Waals surface area contributed by atoms with Crippen LogP contribution < -0.4 is 10.5 Å². The molecule has 2 aromatic carbocycles. The zero-order chi connectivity index (χ0) is 28.9. The Balaban J connectivity index is 1.47. The van der Waals surface area contributed by atoms with Crippen molar-refractivity contribution in [2.45, 2.75) is 70.6 Å². The van der Waals surface area contributed by atoms with Crippen LogP contribution in [0.2, 0.25) is 18.1 Å². The number of nitrogens with zero attached hydrogens (tertiary/aromatic N) is 3. The van der Waals surface area contributed by atoms with Gasteiger partial charge in [0.25, 0.3) is 5.91 Å². The van der Waals surface area contributed by atoms with Crippen molar-refractivity contribution in [3.8, 4) is 5.75 Å². The Kier molecular flexibility index (Phi) is 9.21. The van der Waals surface area contributed by atoms with Crippen molar-refractivity contribution in [2.75, 3.05) is 13.2 Å². The van der Waals surface area contributed by atoms with E-state index in [0.717, 1.165) is 31.4 Å². The van der Waals surface area contributed by atoms with Gasteiger partial charge in [-0.1, -0.05) is 51.1 Å². The summed E-state index contributed by atoms with van der Waals surface area (Å²) in [7, 11) is 0.128. The molecule has 214 valence electrons. The van der Waals surface area contributed by atoms with Gasteiger partial charge in [0.1, 0.15) is 11.4 Å². The van der Waals surface area contributed by atoms with Crippen molar-refractivity contribution >= 4 is 25.1 Å². The zero-order valence-electron chi connectivity index (χ0n) is 24.8. The summed E-state index contributed by atoms with van der Waals surface area (Å²) in [5.74, 6) is 0.375. The molecule has 0 saturated heterocycles. The number of benzene rings is 2. The highest BCUT2D eigenvalue weighted by molar-refractivity contribution is 6.74. The molecule has 0 aliphatic carbocycles. The molecule has 1 atom stereocenters. The Morgan fingerprint density at radius 1 is 1.07 bits per heavy atom. The maximum atomic E-state index is 11.7. The fraction of sp³-hybridized carbons (Fsp3) is 0.438. The molecule has 0 spiro atoms. The zero-order valence-corrected chi connectivity index (χ0v) is 25.8. The molecule has 0 aliphatic heterocycles. The minimum absolute atomic E-state index is 0.0300. The van der Waals surface area contributed by atoms with Gasteiger partial charge in [-0.05, 0) is 73.1 Å². The van der Waals surface area contributed by atoms with E-state index in [-0.39, 0.29) is 16.8 Å². The van der Waals surface area contributed by atoms with E-state index in [2.05, 4.69) is 99.1 Å². The number of carbonyl (C=O) groups is 1. The number of imidazole rings is 1. The highest BCUT2D eigenvalue weighted by atomic mass is 28.4. The predicted molar refractivity (Wildman–Crippen MR) is 164 cm³/mol. The molecule has 4 aromatic rings. The Morgan fingerprint density at radius 2 is 1.82 bits per heavy atom. The van der Waals surface area contributed by atoms with Crippen LogP contribution in [-0.2, 0) is 24.3 Å². The molecule has 0 bridgehead atoms. The van der Waals surface area contributed by atoms with Gasteiger partial charge in [-0.3, -0.25) is 4.79 Å². The number of amides is 1. The molecule has 0 aliphatic rings. The van der Waals surface area contributed by atoms with Crippen LogP contribution in [0.1, 0.15) is 61.3 Å². The third-order valence-corrected chi connectivity index (χ3v) is 12.7. The van der Waals surface area contributed by atoms with E-state index in [0.29, 0.717) is 13.2 Å². The van der Waals surface area contributed by atoms with Crippen LogP contribution in [-0.4, -0.2) is 41.6 Å². The van der Waals surface area contributed by atoms with E-state index < -0.39 is 14.2 Å². The molecular weight excluding hydrogens is 516 g/mol. The Bertz CT molecular complexity index is 1420. The lowest BCUT2D eigenvalue weighted by molar-refractivity contribution is 0.0995. The van der Waals surface area contributed by atoms with Gasteiger partial charge in [0.05, 0.1) is 25.6 Å². The van der Waals surface area contributed by atoms with Crippen LogP contribution >= 0.6 is 0 Å². The van der Waals surface area contributed by atoms with E-state index in [1.54, 1.807) is 12.5 Å². The first-order valence-electron chi connectivity index (χ1n) is 14.2. The van der Waals surface area contributed by atoms with E-state index in [9.17, 15) is 4.79 Å².